The van der Waals surface area contributed by atoms with Crippen molar-refractivity contribution in [2.75, 3.05) is 19.5 Å². The molecule has 94 valence electrons. The zero-order valence-corrected chi connectivity index (χ0v) is 11.0. The second-order valence-corrected chi connectivity index (χ2v) is 6.26. The highest BCUT2D eigenvalue weighted by Crippen LogP contribution is 2.31. The molecule has 0 bridgehead atoms. The molecule has 0 aliphatic rings. The van der Waals surface area contributed by atoms with Gasteiger partial charge in [-0.25, -0.2) is 0 Å². The van der Waals surface area contributed by atoms with Gasteiger partial charge in [0.25, 0.3) is 0 Å². The molecule has 0 aromatic rings. The first-order valence-corrected chi connectivity index (χ1v) is 7.96. The molecule has 15 heavy (non-hydrogen) atoms. The quantitative estimate of drug-likeness (QED) is 0.468. The van der Waals surface area contributed by atoms with Crippen molar-refractivity contribution in [2.45, 2.75) is 45.4 Å². The van der Waals surface area contributed by atoms with Crippen LogP contribution in [0, 0.1) is 0 Å². The number of hydrogen-bond acceptors (Lipinski definition) is 3. The van der Waals surface area contributed by atoms with Crippen LogP contribution in [0.25, 0.3) is 0 Å². The van der Waals surface area contributed by atoms with Crippen LogP contribution in [-0.2, 0) is 4.57 Å². The highest BCUT2D eigenvalue weighted by atomic mass is 31.2. The van der Waals surface area contributed by atoms with Crippen LogP contribution in [0.2, 0.25) is 0 Å². The molecule has 0 heterocycles. The zero-order chi connectivity index (χ0) is 12.2. The standard InChI is InChI=1S/C8H19N.C2H8NO2P/c1-2-3-4-5-6-7-8-9;1-6(4,5)2-3/h2-9H2,1H3;2-3H2,1H3,(H,4,5). The molecule has 0 aromatic heterocycles. The lowest BCUT2D eigenvalue weighted by molar-refractivity contribution is 0.485. The molecule has 0 rings (SSSR count). The van der Waals surface area contributed by atoms with Crippen molar-refractivity contribution >= 4 is 7.37 Å². The van der Waals surface area contributed by atoms with Crippen molar-refractivity contribution < 1.29 is 9.46 Å². The Morgan fingerprint density at radius 2 is 1.47 bits per heavy atom. The van der Waals surface area contributed by atoms with Crippen molar-refractivity contribution in [2.24, 2.45) is 11.5 Å². The van der Waals surface area contributed by atoms with E-state index >= 15 is 0 Å². The van der Waals surface area contributed by atoms with E-state index in [0.717, 1.165) is 6.54 Å². The molecule has 4 nitrogen and oxygen atoms in total. The lowest BCUT2D eigenvalue weighted by atomic mass is 10.1. The second kappa shape index (κ2) is 12.2. The van der Waals surface area contributed by atoms with Gasteiger partial charge < -0.3 is 16.4 Å². The molecule has 5 N–H and O–H groups in total. The third-order valence-electron chi connectivity index (χ3n) is 1.90. The third-order valence-corrected chi connectivity index (χ3v) is 2.57. The molecule has 0 spiro atoms. The Bertz CT molecular complexity index is 154. The molecule has 0 aliphatic heterocycles. The lowest BCUT2D eigenvalue weighted by Gasteiger charge is -1.96. The highest BCUT2D eigenvalue weighted by Gasteiger charge is 2.01. The molecule has 1 atom stereocenters. The molecule has 0 aromatic carbocycles. The van der Waals surface area contributed by atoms with Gasteiger partial charge in [0.15, 0.2) is 0 Å². The Kier molecular flexibility index (Phi) is 14.2. The largest absolute Gasteiger partial charge is 0.344 e. The molecule has 5 heteroatoms. The van der Waals surface area contributed by atoms with Gasteiger partial charge in [-0.15, -0.1) is 0 Å². The van der Waals surface area contributed by atoms with E-state index in [2.05, 4.69) is 6.92 Å². The zero-order valence-electron chi connectivity index (χ0n) is 10.1. The summed E-state index contributed by atoms with van der Waals surface area (Å²) in [6, 6.07) is 0. The average Bonchev–Trinajstić information content (AvgIpc) is 2.18. The SMILES string of the molecule is CCCCCCCCN.CP(=O)(O)CN. The molecule has 0 fully saturated rings. The smallest absolute Gasteiger partial charge is 0.210 e. The van der Waals surface area contributed by atoms with Crippen LogP contribution in [-0.4, -0.2) is 24.4 Å². The van der Waals surface area contributed by atoms with Crippen LogP contribution >= 0.6 is 7.37 Å². The fourth-order valence-corrected chi connectivity index (χ4v) is 0.925. The predicted molar refractivity (Wildman–Crippen MR) is 67.2 cm³/mol. The van der Waals surface area contributed by atoms with Crippen LogP contribution < -0.4 is 11.5 Å². The van der Waals surface area contributed by atoms with E-state index < -0.39 is 7.37 Å². The summed E-state index contributed by atoms with van der Waals surface area (Å²) in [7, 11) is -2.87. The average molecular weight is 238 g/mol. The van der Waals surface area contributed by atoms with Gasteiger partial charge in [0.05, 0.1) is 6.29 Å². The fraction of sp³-hybridized carbons (Fsp3) is 1.00. The lowest BCUT2D eigenvalue weighted by Crippen LogP contribution is -1.97. The number of nitrogens with two attached hydrogens (primary N) is 2. The normalized spacial score (nSPS) is 13.9. The summed E-state index contributed by atoms with van der Waals surface area (Å²) in [4.78, 5) is 8.26. The Balaban J connectivity index is 0. The summed E-state index contributed by atoms with van der Waals surface area (Å²) >= 11 is 0. The monoisotopic (exact) mass is 238 g/mol. The summed E-state index contributed by atoms with van der Waals surface area (Å²) in [6.07, 6.45) is 7.93. The molecule has 0 amide bonds. The summed E-state index contributed by atoms with van der Waals surface area (Å²) in [6.45, 7) is 4.34. The molecule has 0 saturated heterocycles. The first kappa shape index (κ1) is 17.5. The van der Waals surface area contributed by atoms with Crippen molar-refractivity contribution in [3.05, 3.63) is 0 Å². The topological polar surface area (TPSA) is 89.3 Å². The highest BCUT2D eigenvalue weighted by molar-refractivity contribution is 7.57. The minimum Gasteiger partial charge on any atom is -0.344 e. The van der Waals surface area contributed by atoms with Crippen molar-refractivity contribution in [1.29, 1.82) is 0 Å². The Morgan fingerprint density at radius 1 is 1.07 bits per heavy atom. The van der Waals surface area contributed by atoms with Gasteiger partial charge in [-0.1, -0.05) is 39.0 Å². The molecular formula is C10H27N2O2P. The maximum absolute atomic E-state index is 10.0. The number of unbranched alkanes of at least 4 members (excludes halogenated alkanes) is 5. The van der Waals surface area contributed by atoms with Gasteiger partial charge >= 0.3 is 0 Å². The van der Waals surface area contributed by atoms with Gasteiger partial charge in [-0.2, -0.15) is 0 Å². The fourth-order valence-electron chi connectivity index (χ4n) is 0.925. The molecule has 0 saturated carbocycles. The van der Waals surface area contributed by atoms with Gasteiger partial charge in [0, 0.05) is 6.66 Å². The van der Waals surface area contributed by atoms with E-state index in [-0.39, 0.29) is 6.29 Å². The van der Waals surface area contributed by atoms with Crippen LogP contribution in [0.1, 0.15) is 45.4 Å². The summed E-state index contributed by atoms with van der Waals surface area (Å²) in [5, 5.41) is 0. The van der Waals surface area contributed by atoms with Gasteiger partial charge in [-0.3, -0.25) is 4.57 Å². The molecule has 0 aliphatic carbocycles. The van der Waals surface area contributed by atoms with Gasteiger partial charge in [0.2, 0.25) is 7.37 Å². The molecular weight excluding hydrogens is 211 g/mol. The Labute approximate surface area is 93.9 Å². The minimum absolute atomic E-state index is 0.118. The van der Waals surface area contributed by atoms with E-state index in [9.17, 15) is 4.57 Å². The predicted octanol–water partition coefficient (Wildman–Crippen LogP) is 2.11. The minimum atomic E-state index is -2.87. The second-order valence-electron chi connectivity index (χ2n) is 3.79. The van der Waals surface area contributed by atoms with Crippen LogP contribution in [0.4, 0.5) is 0 Å². The summed E-state index contributed by atoms with van der Waals surface area (Å²) in [5.74, 6) is 0. The van der Waals surface area contributed by atoms with Crippen molar-refractivity contribution in [3.8, 4) is 0 Å². The Hall–Kier alpha value is 0.110. The number of hydrogen-bond donors (Lipinski definition) is 3. The van der Waals surface area contributed by atoms with Gasteiger partial charge in [-0.05, 0) is 13.0 Å². The maximum Gasteiger partial charge on any atom is 0.210 e. The van der Waals surface area contributed by atoms with E-state index in [1.165, 1.54) is 45.2 Å². The first-order valence-electron chi connectivity index (χ1n) is 5.67. The summed E-state index contributed by atoms with van der Waals surface area (Å²) in [5.41, 5.74) is 10.1. The van der Waals surface area contributed by atoms with Crippen LogP contribution in [0.3, 0.4) is 0 Å². The Morgan fingerprint density at radius 3 is 1.80 bits per heavy atom. The number of rotatable bonds is 7. The van der Waals surface area contributed by atoms with E-state index in [4.69, 9.17) is 16.4 Å². The summed E-state index contributed by atoms with van der Waals surface area (Å²) < 4.78 is 10.0. The third kappa shape index (κ3) is 24.9. The van der Waals surface area contributed by atoms with Crippen LogP contribution in [0.15, 0.2) is 0 Å². The van der Waals surface area contributed by atoms with E-state index in [1.807, 2.05) is 0 Å². The van der Waals surface area contributed by atoms with Crippen molar-refractivity contribution in [1.82, 2.24) is 0 Å². The van der Waals surface area contributed by atoms with E-state index in [1.54, 1.807) is 0 Å². The van der Waals surface area contributed by atoms with Gasteiger partial charge in [0.1, 0.15) is 0 Å². The maximum atomic E-state index is 10.0. The van der Waals surface area contributed by atoms with E-state index in [0.29, 0.717) is 0 Å². The van der Waals surface area contributed by atoms with Crippen molar-refractivity contribution in [3.63, 3.8) is 0 Å². The first-order chi connectivity index (χ1) is 6.97. The molecule has 1 unspecified atom stereocenters. The van der Waals surface area contributed by atoms with Crippen LogP contribution in [0.5, 0.6) is 0 Å². The molecule has 0 radical (unpaired) electrons.